The van der Waals surface area contributed by atoms with Gasteiger partial charge in [0.15, 0.2) is 0 Å². The van der Waals surface area contributed by atoms with Crippen LogP contribution in [0.3, 0.4) is 0 Å². The third-order valence-electron chi connectivity index (χ3n) is 3.05. The van der Waals surface area contributed by atoms with Crippen molar-refractivity contribution in [1.29, 1.82) is 0 Å². The van der Waals surface area contributed by atoms with Gasteiger partial charge in [-0.3, -0.25) is 0 Å². The smallest absolute Gasteiger partial charge is 0.0276 e. The van der Waals surface area contributed by atoms with E-state index in [1.807, 2.05) is 0 Å². The van der Waals surface area contributed by atoms with Crippen molar-refractivity contribution in [3.63, 3.8) is 0 Å². The van der Waals surface area contributed by atoms with Crippen molar-refractivity contribution in [2.45, 2.75) is 59.3 Å². The molecule has 0 atom stereocenters. The fourth-order valence-electron chi connectivity index (χ4n) is 2.05. The van der Waals surface area contributed by atoms with Crippen molar-refractivity contribution >= 4 is 0 Å². The van der Waals surface area contributed by atoms with E-state index >= 15 is 0 Å². The quantitative estimate of drug-likeness (QED) is 0.583. The lowest BCUT2D eigenvalue weighted by atomic mass is 10.00. The zero-order chi connectivity index (χ0) is 11.1. The molecule has 0 N–H and O–H groups in total. The molecule has 0 heteroatoms. The maximum atomic E-state index is 2.30. The third kappa shape index (κ3) is 4.51. The Kier molecular flexibility index (Phi) is 5.45. The lowest BCUT2D eigenvalue weighted by Crippen LogP contribution is -1.90. The summed E-state index contributed by atoms with van der Waals surface area (Å²) in [5.41, 5.74) is 4.38. The highest BCUT2D eigenvalue weighted by molar-refractivity contribution is 5.30. The van der Waals surface area contributed by atoms with Crippen molar-refractivity contribution in [3.8, 4) is 0 Å². The van der Waals surface area contributed by atoms with Crippen molar-refractivity contribution < 1.29 is 0 Å². The molecular formula is C15H24. The first-order valence-corrected chi connectivity index (χ1v) is 6.30. The zero-order valence-corrected chi connectivity index (χ0v) is 10.5. The first kappa shape index (κ1) is 12.3. The molecule has 0 radical (unpaired) electrons. The van der Waals surface area contributed by atoms with Gasteiger partial charge in [0.1, 0.15) is 0 Å². The highest BCUT2D eigenvalue weighted by atomic mass is 14.0. The Bertz CT molecular complexity index is 286. The molecule has 0 aromatic heterocycles. The molecule has 0 unspecified atom stereocenters. The highest BCUT2D eigenvalue weighted by Crippen LogP contribution is 2.14. The van der Waals surface area contributed by atoms with Crippen LogP contribution in [0.15, 0.2) is 18.2 Å². The molecule has 0 nitrogen and oxygen atoms in total. The third-order valence-corrected chi connectivity index (χ3v) is 3.05. The Labute approximate surface area is 94.7 Å². The maximum Gasteiger partial charge on any atom is -0.0276 e. The molecule has 1 aromatic carbocycles. The van der Waals surface area contributed by atoms with E-state index in [4.69, 9.17) is 0 Å². The summed E-state index contributed by atoms with van der Waals surface area (Å²) in [5.74, 6) is 0. The summed E-state index contributed by atoms with van der Waals surface area (Å²) in [7, 11) is 0. The van der Waals surface area contributed by atoms with Gasteiger partial charge in [-0.05, 0) is 37.8 Å². The summed E-state index contributed by atoms with van der Waals surface area (Å²) in [6.45, 7) is 6.66. The van der Waals surface area contributed by atoms with E-state index in [1.54, 1.807) is 0 Å². The van der Waals surface area contributed by atoms with E-state index in [0.29, 0.717) is 0 Å². The number of hydrogen-bond acceptors (Lipinski definition) is 0. The van der Waals surface area contributed by atoms with Crippen LogP contribution in [0.4, 0.5) is 0 Å². The fraction of sp³-hybridized carbons (Fsp3) is 0.600. The second-order valence-corrected chi connectivity index (χ2v) is 4.59. The molecule has 0 bridgehead atoms. The first-order chi connectivity index (χ1) is 7.24. The molecule has 84 valence electrons. The van der Waals surface area contributed by atoms with Gasteiger partial charge in [-0.15, -0.1) is 0 Å². The van der Waals surface area contributed by atoms with Crippen molar-refractivity contribution in [2.75, 3.05) is 0 Å². The monoisotopic (exact) mass is 204 g/mol. The largest absolute Gasteiger partial charge is 0.0654 e. The van der Waals surface area contributed by atoms with Gasteiger partial charge in [0.2, 0.25) is 0 Å². The average Bonchev–Trinajstić information content (AvgIpc) is 2.20. The molecule has 0 aliphatic heterocycles. The van der Waals surface area contributed by atoms with Gasteiger partial charge in [-0.1, -0.05) is 56.4 Å². The van der Waals surface area contributed by atoms with Crippen LogP contribution in [0.1, 0.15) is 55.7 Å². The van der Waals surface area contributed by atoms with E-state index in [9.17, 15) is 0 Å². The highest BCUT2D eigenvalue weighted by Gasteiger charge is 1.98. The lowest BCUT2D eigenvalue weighted by molar-refractivity contribution is 0.631. The van der Waals surface area contributed by atoms with Crippen molar-refractivity contribution in [2.24, 2.45) is 0 Å². The topological polar surface area (TPSA) is 0 Å². The number of hydrogen-bond donors (Lipinski definition) is 0. The Morgan fingerprint density at radius 3 is 2.33 bits per heavy atom. The van der Waals surface area contributed by atoms with Crippen molar-refractivity contribution in [1.82, 2.24) is 0 Å². The second-order valence-electron chi connectivity index (χ2n) is 4.59. The van der Waals surface area contributed by atoms with Gasteiger partial charge >= 0.3 is 0 Å². The molecule has 1 rings (SSSR count). The number of benzene rings is 1. The van der Waals surface area contributed by atoms with E-state index in [2.05, 4.69) is 39.0 Å². The molecule has 15 heavy (non-hydrogen) atoms. The SMILES string of the molecule is CCCCCCCc1ccc(C)cc1C. The maximum absolute atomic E-state index is 2.30. The van der Waals surface area contributed by atoms with Crippen LogP contribution >= 0.6 is 0 Å². The summed E-state index contributed by atoms with van der Waals surface area (Å²) in [5, 5.41) is 0. The van der Waals surface area contributed by atoms with Crippen LogP contribution in [0.2, 0.25) is 0 Å². The van der Waals surface area contributed by atoms with Gasteiger partial charge in [0.05, 0.1) is 0 Å². The minimum Gasteiger partial charge on any atom is -0.0654 e. The molecule has 1 aromatic rings. The van der Waals surface area contributed by atoms with Crippen LogP contribution in [-0.4, -0.2) is 0 Å². The van der Waals surface area contributed by atoms with Crippen LogP contribution < -0.4 is 0 Å². The lowest BCUT2D eigenvalue weighted by Gasteiger charge is -2.06. The standard InChI is InChI=1S/C15H24/c1-4-5-6-7-8-9-15-11-10-13(2)12-14(15)3/h10-12H,4-9H2,1-3H3. The van der Waals surface area contributed by atoms with Crippen molar-refractivity contribution in [3.05, 3.63) is 34.9 Å². The molecule has 0 spiro atoms. The van der Waals surface area contributed by atoms with E-state index < -0.39 is 0 Å². The molecule has 0 fully saturated rings. The van der Waals surface area contributed by atoms with Gasteiger partial charge in [0, 0.05) is 0 Å². The van der Waals surface area contributed by atoms with Gasteiger partial charge in [0.25, 0.3) is 0 Å². The van der Waals surface area contributed by atoms with Crippen LogP contribution in [0, 0.1) is 13.8 Å². The molecule has 0 saturated heterocycles. The molecule has 0 saturated carbocycles. The van der Waals surface area contributed by atoms with E-state index in [-0.39, 0.29) is 0 Å². The van der Waals surface area contributed by atoms with Crippen LogP contribution in [0.25, 0.3) is 0 Å². The zero-order valence-electron chi connectivity index (χ0n) is 10.5. The van der Waals surface area contributed by atoms with Crippen LogP contribution in [0.5, 0.6) is 0 Å². The van der Waals surface area contributed by atoms with Crippen LogP contribution in [-0.2, 0) is 6.42 Å². The van der Waals surface area contributed by atoms with Gasteiger partial charge in [-0.2, -0.15) is 0 Å². The minimum absolute atomic E-state index is 1.26. The normalized spacial score (nSPS) is 10.6. The summed E-state index contributed by atoms with van der Waals surface area (Å²) in [6.07, 6.45) is 8.14. The number of aryl methyl sites for hydroxylation is 3. The minimum atomic E-state index is 1.26. The fourth-order valence-corrected chi connectivity index (χ4v) is 2.05. The molecule has 0 heterocycles. The van der Waals surface area contributed by atoms with E-state index in [0.717, 1.165) is 0 Å². The van der Waals surface area contributed by atoms with Gasteiger partial charge in [-0.25, -0.2) is 0 Å². The summed E-state index contributed by atoms with van der Waals surface area (Å²) in [6, 6.07) is 6.82. The number of unbranched alkanes of at least 4 members (excludes halogenated alkanes) is 4. The second kappa shape index (κ2) is 6.66. The Morgan fingerprint density at radius 2 is 1.67 bits per heavy atom. The Morgan fingerprint density at radius 1 is 0.933 bits per heavy atom. The van der Waals surface area contributed by atoms with Gasteiger partial charge < -0.3 is 0 Å². The Balaban J connectivity index is 2.31. The summed E-state index contributed by atoms with van der Waals surface area (Å²) >= 11 is 0. The Hall–Kier alpha value is -0.780. The summed E-state index contributed by atoms with van der Waals surface area (Å²) < 4.78 is 0. The molecule has 0 aliphatic carbocycles. The average molecular weight is 204 g/mol. The predicted octanol–water partition coefficient (Wildman–Crippen LogP) is 4.82. The predicted molar refractivity (Wildman–Crippen MR) is 68.4 cm³/mol. The number of rotatable bonds is 6. The molecular weight excluding hydrogens is 180 g/mol. The molecule has 0 aliphatic rings. The molecule has 0 amide bonds. The first-order valence-electron chi connectivity index (χ1n) is 6.30. The van der Waals surface area contributed by atoms with E-state index in [1.165, 1.54) is 55.2 Å². The summed E-state index contributed by atoms with van der Waals surface area (Å²) in [4.78, 5) is 0.